The number of nitrogens with one attached hydrogen (secondary N) is 1. The van der Waals surface area contributed by atoms with Crippen molar-refractivity contribution in [3.63, 3.8) is 0 Å². The van der Waals surface area contributed by atoms with E-state index in [4.69, 9.17) is 5.11 Å². The summed E-state index contributed by atoms with van der Waals surface area (Å²) < 4.78 is 0. The zero-order valence-electron chi connectivity index (χ0n) is 8.24. The molecule has 0 aromatic rings. The number of carboxylic acids is 1. The zero-order chi connectivity index (χ0) is 9.97. The second-order valence-corrected chi connectivity index (χ2v) is 5.40. The number of rotatable bonds is 5. The van der Waals surface area contributed by atoms with Crippen molar-refractivity contribution in [2.24, 2.45) is 11.8 Å². The SMILES string of the molecule is O=C(O)C(CNC1CC1)C1CCSC1. The Balaban J connectivity index is 1.81. The molecule has 2 unspecified atom stereocenters. The Labute approximate surface area is 88.6 Å². The van der Waals surface area contributed by atoms with Gasteiger partial charge in [-0.3, -0.25) is 4.79 Å². The van der Waals surface area contributed by atoms with E-state index in [0.717, 1.165) is 17.9 Å². The monoisotopic (exact) mass is 215 g/mol. The van der Waals surface area contributed by atoms with Gasteiger partial charge in [0.25, 0.3) is 0 Å². The zero-order valence-corrected chi connectivity index (χ0v) is 9.05. The Morgan fingerprint density at radius 2 is 2.29 bits per heavy atom. The molecule has 2 atom stereocenters. The minimum Gasteiger partial charge on any atom is -0.481 e. The van der Waals surface area contributed by atoms with E-state index in [1.165, 1.54) is 12.8 Å². The van der Waals surface area contributed by atoms with Gasteiger partial charge in [0.15, 0.2) is 0 Å². The van der Waals surface area contributed by atoms with E-state index in [2.05, 4.69) is 5.32 Å². The van der Waals surface area contributed by atoms with Crippen LogP contribution in [-0.4, -0.2) is 35.2 Å². The number of hydrogen-bond donors (Lipinski definition) is 2. The van der Waals surface area contributed by atoms with Gasteiger partial charge in [-0.2, -0.15) is 11.8 Å². The minimum atomic E-state index is -0.620. The molecule has 0 bridgehead atoms. The average Bonchev–Trinajstić information content (AvgIpc) is 2.80. The van der Waals surface area contributed by atoms with Gasteiger partial charge >= 0.3 is 5.97 Å². The largest absolute Gasteiger partial charge is 0.481 e. The van der Waals surface area contributed by atoms with Gasteiger partial charge < -0.3 is 10.4 Å². The van der Waals surface area contributed by atoms with Gasteiger partial charge in [0.2, 0.25) is 0 Å². The van der Waals surface area contributed by atoms with Crippen molar-refractivity contribution in [1.82, 2.24) is 5.32 Å². The maximum absolute atomic E-state index is 11.1. The van der Waals surface area contributed by atoms with Crippen molar-refractivity contribution in [2.45, 2.75) is 25.3 Å². The lowest BCUT2D eigenvalue weighted by molar-refractivity contribution is -0.143. The third kappa shape index (κ3) is 2.64. The molecule has 0 amide bonds. The van der Waals surface area contributed by atoms with Crippen LogP contribution in [0, 0.1) is 11.8 Å². The molecule has 1 aliphatic heterocycles. The van der Waals surface area contributed by atoms with Crippen LogP contribution in [0.5, 0.6) is 0 Å². The third-order valence-electron chi connectivity index (χ3n) is 3.05. The minimum absolute atomic E-state index is 0.161. The maximum atomic E-state index is 11.1. The van der Waals surface area contributed by atoms with E-state index in [-0.39, 0.29) is 5.92 Å². The summed E-state index contributed by atoms with van der Waals surface area (Å²) in [6, 6.07) is 0.617. The standard InChI is InChI=1S/C10H17NO2S/c12-10(13)9(5-11-8-1-2-8)7-3-4-14-6-7/h7-9,11H,1-6H2,(H,12,13). The van der Waals surface area contributed by atoms with Gasteiger partial charge in [0.1, 0.15) is 0 Å². The van der Waals surface area contributed by atoms with E-state index in [1.807, 2.05) is 11.8 Å². The summed E-state index contributed by atoms with van der Waals surface area (Å²) in [5.41, 5.74) is 0. The summed E-state index contributed by atoms with van der Waals surface area (Å²) in [6.07, 6.45) is 3.53. The number of carbonyl (C=O) groups is 1. The Morgan fingerprint density at radius 1 is 1.50 bits per heavy atom. The van der Waals surface area contributed by atoms with E-state index >= 15 is 0 Å². The molecule has 3 nitrogen and oxygen atoms in total. The third-order valence-corrected chi connectivity index (χ3v) is 4.24. The van der Waals surface area contributed by atoms with E-state index < -0.39 is 5.97 Å². The van der Waals surface area contributed by atoms with Crippen molar-refractivity contribution in [3.05, 3.63) is 0 Å². The van der Waals surface area contributed by atoms with Crippen molar-refractivity contribution in [3.8, 4) is 0 Å². The Hall–Kier alpha value is -0.220. The highest BCUT2D eigenvalue weighted by atomic mass is 32.2. The highest BCUT2D eigenvalue weighted by Crippen LogP contribution is 2.30. The van der Waals surface area contributed by atoms with Gasteiger partial charge in [-0.25, -0.2) is 0 Å². The molecule has 1 saturated heterocycles. The van der Waals surface area contributed by atoms with E-state index in [0.29, 0.717) is 18.5 Å². The molecule has 2 rings (SSSR count). The molecule has 0 radical (unpaired) electrons. The van der Waals surface area contributed by atoms with Gasteiger partial charge in [-0.05, 0) is 36.7 Å². The summed E-state index contributed by atoms with van der Waals surface area (Å²) in [6.45, 7) is 0.672. The molecule has 0 spiro atoms. The number of carboxylic acid groups (broad SMARTS) is 1. The summed E-state index contributed by atoms with van der Waals surface area (Å²) in [5.74, 6) is 1.78. The lowest BCUT2D eigenvalue weighted by Crippen LogP contribution is -2.35. The van der Waals surface area contributed by atoms with E-state index in [9.17, 15) is 4.79 Å². The smallest absolute Gasteiger partial charge is 0.308 e. The normalized spacial score (nSPS) is 29.0. The molecule has 4 heteroatoms. The quantitative estimate of drug-likeness (QED) is 0.723. The predicted octanol–water partition coefficient (Wildman–Crippen LogP) is 1.19. The molecular formula is C10H17NO2S. The van der Waals surface area contributed by atoms with Crippen molar-refractivity contribution in [2.75, 3.05) is 18.1 Å². The summed E-state index contributed by atoms with van der Waals surface area (Å²) >= 11 is 1.89. The second kappa shape index (κ2) is 4.53. The Morgan fingerprint density at radius 3 is 2.79 bits per heavy atom. The first-order valence-electron chi connectivity index (χ1n) is 5.31. The lowest BCUT2D eigenvalue weighted by atomic mass is 9.92. The molecule has 14 heavy (non-hydrogen) atoms. The fourth-order valence-electron chi connectivity index (χ4n) is 1.91. The fourth-order valence-corrected chi connectivity index (χ4v) is 3.24. The highest BCUT2D eigenvalue weighted by molar-refractivity contribution is 7.99. The number of hydrogen-bond acceptors (Lipinski definition) is 3. The first-order chi connectivity index (χ1) is 6.77. The van der Waals surface area contributed by atoms with Crippen LogP contribution in [-0.2, 0) is 4.79 Å². The Kier molecular flexibility index (Phi) is 3.34. The molecule has 1 aliphatic carbocycles. The first-order valence-corrected chi connectivity index (χ1v) is 6.47. The summed E-state index contributed by atoms with van der Waals surface area (Å²) in [7, 11) is 0. The van der Waals surface area contributed by atoms with Crippen LogP contribution < -0.4 is 5.32 Å². The van der Waals surface area contributed by atoms with Crippen molar-refractivity contribution in [1.29, 1.82) is 0 Å². The number of thioether (sulfide) groups is 1. The van der Waals surface area contributed by atoms with Gasteiger partial charge in [-0.15, -0.1) is 0 Å². The highest BCUT2D eigenvalue weighted by Gasteiger charge is 2.32. The van der Waals surface area contributed by atoms with Crippen LogP contribution in [0.25, 0.3) is 0 Å². The summed E-state index contributed by atoms with van der Waals surface area (Å²) in [4.78, 5) is 11.1. The molecule has 2 aliphatic rings. The topological polar surface area (TPSA) is 49.3 Å². The summed E-state index contributed by atoms with van der Waals surface area (Å²) in [5, 5.41) is 12.4. The number of aliphatic carboxylic acids is 1. The van der Waals surface area contributed by atoms with Crippen LogP contribution in [0.3, 0.4) is 0 Å². The predicted molar refractivity (Wildman–Crippen MR) is 57.6 cm³/mol. The van der Waals surface area contributed by atoms with Gasteiger partial charge in [0, 0.05) is 12.6 Å². The van der Waals surface area contributed by atoms with E-state index in [1.54, 1.807) is 0 Å². The van der Waals surface area contributed by atoms with Crippen molar-refractivity contribution >= 4 is 17.7 Å². The molecule has 0 aromatic carbocycles. The molecule has 2 N–H and O–H groups in total. The lowest BCUT2D eigenvalue weighted by Gasteiger charge is -2.18. The van der Waals surface area contributed by atoms with Gasteiger partial charge in [0.05, 0.1) is 5.92 Å². The van der Waals surface area contributed by atoms with Crippen molar-refractivity contribution < 1.29 is 9.90 Å². The second-order valence-electron chi connectivity index (χ2n) is 4.25. The van der Waals surface area contributed by atoms with Crippen LogP contribution in [0.4, 0.5) is 0 Å². The van der Waals surface area contributed by atoms with Crippen LogP contribution in [0.2, 0.25) is 0 Å². The Bertz CT molecular complexity index is 212. The van der Waals surface area contributed by atoms with Crippen LogP contribution >= 0.6 is 11.8 Å². The first kappa shape index (κ1) is 10.3. The van der Waals surface area contributed by atoms with Crippen LogP contribution in [0.1, 0.15) is 19.3 Å². The molecule has 0 aromatic heterocycles. The molecule has 2 fully saturated rings. The molecular weight excluding hydrogens is 198 g/mol. The average molecular weight is 215 g/mol. The molecule has 1 saturated carbocycles. The van der Waals surface area contributed by atoms with Crippen LogP contribution in [0.15, 0.2) is 0 Å². The molecule has 1 heterocycles. The molecule has 80 valence electrons. The van der Waals surface area contributed by atoms with Gasteiger partial charge in [-0.1, -0.05) is 0 Å². The maximum Gasteiger partial charge on any atom is 0.308 e. The fraction of sp³-hybridized carbons (Fsp3) is 0.900.